The van der Waals surface area contributed by atoms with Gasteiger partial charge in [0, 0.05) is 32.4 Å². The van der Waals surface area contributed by atoms with Crippen LogP contribution in [0.5, 0.6) is 11.5 Å². The summed E-state index contributed by atoms with van der Waals surface area (Å²) in [6.07, 6.45) is 4.06. The number of anilines is 1. The fourth-order valence-corrected chi connectivity index (χ4v) is 4.07. The van der Waals surface area contributed by atoms with Crippen molar-refractivity contribution in [1.82, 2.24) is 24.8 Å². The Morgan fingerprint density at radius 3 is 2.66 bits per heavy atom. The molecule has 2 heterocycles. The summed E-state index contributed by atoms with van der Waals surface area (Å²) in [4.78, 5) is 58.8. The molecule has 230 valence electrons. The lowest BCUT2D eigenvalue weighted by atomic mass is 10.1. The first-order valence-corrected chi connectivity index (χ1v) is 13.4. The van der Waals surface area contributed by atoms with Crippen LogP contribution in [0.4, 0.5) is 19.3 Å². The van der Waals surface area contributed by atoms with Gasteiger partial charge in [0.05, 0.1) is 24.7 Å². The number of fused-ring (bicyclic) bond motifs is 1. The van der Waals surface area contributed by atoms with E-state index in [-0.39, 0.29) is 36.1 Å². The second-order valence-electron chi connectivity index (χ2n) is 9.78. The number of methoxy groups -OCH3 is 1. The van der Waals surface area contributed by atoms with E-state index in [2.05, 4.69) is 25.3 Å². The van der Waals surface area contributed by atoms with E-state index in [0.29, 0.717) is 23.3 Å². The average molecular weight is 609 g/mol. The molecule has 0 saturated carbocycles. The Morgan fingerprint density at radius 1 is 1.14 bits per heavy atom. The van der Waals surface area contributed by atoms with E-state index < -0.39 is 35.2 Å². The molecule has 0 aliphatic heterocycles. The molecule has 1 atom stereocenters. The lowest BCUT2D eigenvalue weighted by molar-refractivity contribution is -0.123. The Bertz CT molecular complexity index is 1770. The van der Waals surface area contributed by atoms with Gasteiger partial charge < -0.3 is 34.6 Å². The maximum absolute atomic E-state index is 14.0. The van der Waals surface area contributed by atoms with Crippen molar-refractivity contribution in [2.75, 3.05) is 26.5 Å². The molecule has 4 aromatic rings. The van der Waals surface area contributed by atoms with Crippen molar-refractivity contribution in [3.8, 4) is 11.5 Å². The van der Waals surface area contributed by atoms with Crippen molar-refractivity contribution in [1.29, 1.82) is 0 Å². The number of hydrogen-bond acceptors (Lipinski definition) is 7. The Hall–Kier alpha value is -5.53. The van der Waals surface area contributed by atoms with Crippen molar-refractivity contribution in [2.24, 2.45) is 0 Å². The van der Waals surface area contributed by atoms with Gasteiger partial charge in [-0.3, -0.25) is 14.4 Å². The summed E-state index contributed by atoms with van der Waals surface area (Å²) in [5.74, 6) is -1.88. The molecule has 44 heavy (non-hydrogen) atoms. The van der Waals surface area contributed by atoms with E-state index in [4.69, 9.17) is 4.74 Å². The lowest BCUT2D eigenvalue weighted by Crippen LogP contribution is -2.44. The van der Waals surface area contributed by atoms with Crippen LogP contribution >= 0.6 is 0 Å². The van der Waals surface area contributed by atoms with Gasteiger partial charge >= 0.3 is 6.09 Å². The van der Waals surface area contributed by atoms with Crippen LogP contribution in [0.15, 0.2) is 71.7 Å². The van der Waals surface area contributed by atoms with E-state index in [9.17, 15) is 28.0 Å². The van der Waals surface area contributed by atoms with Gasteiger partial charge in [0.2, 0.25) is 11.8 Å². The number of benzene rings is 2. The van der Waals surface area contributed by atoms with Crippen molar-refractivity contribution < 1.29 is 32.6 Å². The number of halogens is 2. The Balaban J connectivity index is 1.46. The van der Waals surface area contributed by atoms with Crippen LogP contribution in [-0.4, -0.2) is 64.6 Å². The molecule has 1 unspecified atom stereocenters. The Kier molecular flexibility index (Phi) is 10.1. The number of aromatic amines is 1. The number of hydrogen-bond donors (Lipinski definition) is 3. The highest BCUT2D eigenvalue weighted by molar-refractivity contribution is 5.96. The molecule has 0 fully saturated rings. The van der Waals surface area contributed by atoms with Gasteiger partial charge in [0.1, 0.15) is 29.1 Å². The third-order valence-corrected chi connectivity index (χ3v) is 6.34. The molecule has 14 heteroatoms. The van der Waals surface area contributed by atoms with E-state index in [1.807, 2.05) is 0 Å². The molecule has 0 radical (unpaired) electrons. The molecule has 2 aromatic carbocycles. The average Bonchev–Trinajstić information content (AvgIpc) is 3.39. The Labute approximate surface area is 250 Å². The summed E-state index contributed by atoms with van der Waals surface area (Å²) in [6, 6.07) is 9.76. The first-order valence-electron chi connectivity index (χ1n) is 13.4. The molecule has 0 aliphatic carbocycles. The van der Waals surface area contributed by atoms with Crippen molar-refractivity contribution in [3.05, 3.63) is 94.7 Å². The number of likely N-dealkylation sites (N-methyl/N-ethyl adjacent to an activating group) is 1. The Morgan fingerprint density at radius 2 is 1.93 bits per heavy atom. The van der Waals surface area contributed by atoms with Crippen LogP contribution < -0.4 is 20.9 Å². The maximum Gasteiger partial charge on any atom is 0.407 e. The van der Waals surface area contributed by atoms with E-state index in [1.165, 1.54) is 33.9 Å². The van der Waals surface area contributed by atoms with Crippen LogP contribution in [0, 0.1) is 11.6 Å². The van der Waals surface area contributed by atoms with Crippen LogP contribution in [0.1, 0.15) is 18.7 Å². The van der Waals surface area contributed by atoms with Crippen LogP contribution in [-0.2, 0) is 20.9 Å². The molecular weight excluding hydrogens is 578 g/mol. The van der Waals surface area contributed by atoms with Crippen LogP contribution in [0.3, 0.4) is 0 Å². The molecule has 0 spiro atoms. The number of pyridine rings is 1. The number of carbonyl (C=O) groups excluding carboxylic acids is 3. The summed E-state index contributed by atoms with van der Waals surface area (Å²) in [5, 5.41) is 4.99. The normalized spacial score (nSPS) is 11.8. The minimum atomic E-state index is -1.05. The highest BCUT2D eigenvalue weighted by atomic mass is 19.1. The summed E-state index contributed by atoms with van der Waals surface area (Å²) in [7, 11) is 4.37. The van der Waals surface area contributed by atoms with Gasteiger partial charge in [-0.1, -0.05) is 6.08 Å². The number of nitrogens with zero attached hydrogens (tertiary/aromatic N) is 3. The first-order chi connectivity index (χ1) is 21.0. The van der Waals surface area contributed by atoms with Crippen molar-refractivity contribution >= 4 is 34.6 Å². The zero-order valence-corrected chi connectivity index (χ0v) is 24.1. The number of ether oxygens (including phenoxy) is 2. The second kappa shape index (κ2) is 14.1. The van der Waals surface area contributed by atoms with Crippen LogP contribution in [0.25, 0.3) is 11.0 Å². The largest absolute Gasteiger partial charge is 0.454 e. The predicted molar refractivity (Wildman–Crippen MR) is 157 cm³/mol. The van der Waals surface area contributed by atoms with Crippen LogP contribution in [0.2, 0.25) is 0 Å². The smallest absolute Gasteiger partial charge is 0.407 e. The molecule has 3 amide bonds. The number of imidazole rings is 1. The van der Waals surface area contributed by atoms with Gasteiger partial charge in [0.25, 0.3) is 5.56 Å². The van der Waals surface area contributed by atoms with Gasteiger partial charge in [-0.2, -0.15) is 0 Å². The zero-order valence-electron chi connectivity index (χ0n) is 24.1. The summed E-state index contributed by atoms with van der Waals surface area (Å²) < 4.78 is 38.7. The molecular formula is C30H30F2N6O6. The molecule has 4 rings (SSSR count). The number of allylic oxidation sites excluding steroid dienone is 1. The zero-order chi connectivity index (χ0) is 31.8. The molecule has 0 aliphatic rings. The van der Waals surface area contributed by atoms with Crippen molar-refractivity contribution in [3.63, 3.8) is 0 Å². The highest BCUT2D eigenvalue weighted by Gasteiger charge is 2.22. The summed E-state index contributed by atoms with van der Waals surface area (Å²) >= 11 is 0. The number of carbonyl (C=O) groups is 3. The number of nitrogens with one attached hydrogen (secondary N) is 3. The van der Waals surface area contributed by atoms with Gasteiger partial charge in [0.15, 0.2) is 11.6 Å². The monoisotopic (exact) mass is 608 g/mol. The van der Waals surface area contributed by atoms with E-state index >= 15 is 0 Å². The van der Waals surface area contributed by atoms with E-state index in [0.717, 1.165) is 19.2 Å². The third-order valence-electron chi connectivity index (χ3n) is 6.34. The number of aromatic nitrogens is 3. The molecule has 0 saturated heterocycles. The predicted octanol–water partition coefficient (Wildman–Crippen LogP) is 3.93. The third kappa shape index (κ3) is 8.06. The molecule has 12 nitrogen and oxygen atoms in total. The highest BCUT2D eigenvalue weighted by Crippen LogP contribution is 2.27. The van der Waals surface area contributed by atoms with Gasteiger partial charge in [-0.25, -0.2) is 18.6 Å². The number of amides is 3. The van der Waals surface area contributed by atoms with E-state index in [1.54, 1.807) is 44.4 Å². The standard InChI is InChI=1S/C30H30F2N6O6/c1-37(2)27(39)9-5-4-7-22(36-30(42)43-3)28(40)35-23-8-6-14-38(29(23)41)17-26-33-21-12-11-19(16-24(21)34-26)44-25-13-10-18(31)15-20(25)32/h5-6,8-16,22H,4,7,17H2,1-3H3,(H,33,34)(H,35,40)(H,36,42). The summed E-state index contributed by atoms with van der Waals surface area (Å²) in [5.41, 5.74) is 0.559. The SMILES string of the molecule is COC(=O)NC(CCC=CC(=O)N(C)C)C(=O)Nc1cccn(Cc2nc3ccc(Oc4ccc(F)cc4F)cc3[nH]2)c1=O. The number of alkyl carbamates (subject to hydrolysis) is 1. The fraction of sp³-hybridized carbons (Fsp3) is 0.233. The van der Waals surface area contributed by atoms with Crippen molar-refractivity contribution in [2.45, 2.75) is 25.4 Å². The quantitative estimate of drug-likeness (QED) is 0.219. The molecule has 0 bridgehead atoms. The minimum Gasteiger partial charge on any atom is -0.454 e. The van der Waals surface area contributed by atoms with Gasteiger partial charge in [-0.05, 0) is 55.3 Å². The van der Waals surface area contributed by atoms with Gasteiger partial charge in [-0.15, -0.1) is 0 Å². The number of H-pyrrole nitrogens is 1. The lowest BCUT2D eigenvalue weighted by Gasteiger charge is -2.17. The second-order valence-corrected chi connectivity index (χ2v) is 9.78. The molecule has 3 N–H and O–H groups in total. The molecule has 2 aromatic heterocycles. The summed E-state index contributed by atoms with van der Waals surface area (Å²) in [6.45, 7) is 0.0224. The minimum absolute atomic E-state index is 0.0224. The topological polar surface area (TPSA) is 148 Å². The number of rotatable bonds is 11. The maximum atomic E-state index is 14.0. The first kappa shape index (κ1) is 31.4. The fourth-order valence-electron chi connectivity index (χ4n) is 4.07.